The van der Waals surface area contributed by atoms with E-state index in [9.17, 15) is 18.0 Å². The van der Waals surface area contributed by atoms with Crippen LogP contribution in [0.2, 0.25) is 0 Å². The zero-order valence-corrected chi connectivity index (χ0v) is 17.0. The quantitative estimate of drug-likeness (QED) is 0.601. The van der Waals surface area contributed by atoms with Crippen LogP contribution < -0.4 is 10.5 Å². The van der Waals surface area contributed by atoms with Gasteiger partial charge in [-0.25, -0.2) is 0 Å². The van der Waals surface area contributed by atoms with E-state index < -0.39 is 11.7 Å². The van der Waals surface area contributed by atoms with Crippen LogP contribution in [0.3, 0.4) is 0 Å². The molecule has 0 atom stereocenters. The van der Waals surface area contributed by atoms with Gasteiger partial charge in [0.15, 0.2) is 0 Å². The molecule has 2 aromatic heterocycles. The van der Waals surface area contributed by atoms with Crippen molar-refractivity contribution in [3.8, 4) is 11.3 Å². The molecule has 1 N–H and O–H groups in total. The van der Waals surface area contributed by atoms with Gasteiger partial charge in [-0.15, -0.1) is 0 Å². The van der Waals surface area contributed by atoms with Crippen molar-refractivity contribution in [1.29, 1.82) is 0 Å². The Morgan fingerprint density at radius 2 is 1.74 bits per heavy atom. The van der Waals surface area contributed by atoms with Crippen molar-refractivity contribution >= 4 is 5.69 Å². The number of nitrogens with zero attached hydrogens (tertiary/aromatic N) is 2. The van der Waals surface area contributed by atoms with Crippen LogP contribution in [-0.2, 0) is 12.6 Å². The van der Waals surface area contributed by atoms with Gasteiger partial charge in [-0.1, -0.05) is 6.07 Å². The number of rotatable bonds is 5. The van der Waals surface area contributed by atoms with Gasteiger partial charge in [0.2, 0.25) is 5.56 Å². The van der Waals surface area contributed by atoms with Gasteiger partial charge in [-0.3, -0.25) is 9.78 Å². The minimum atomic E-state index is -4.30. The largest absolute Gasteiger partial charge is 0.416 e. The number of halogens is 3. The Bertz CT molecular complexity index is 1050. The third-order valence-electron chi connectivity index (χ3n) is 5.87. The van der Waals surface area contributed by atoms with Crippen LogP contribution in [0.15, 0.2) is 65.6 Å². The van der Waals surface area contributed by atoms with E-state index in [-0.39, 0.29) is 5.56 Å². The molecular weight excluding hydrogens is 403 g/mol. The molecule has 1 saturated heterocycles. The lowest BCUT2D eigenvalue weighted by molar-refractivity contribution is -0.137. The van der Waals surface area contributed by atoms with E-state index >= 15 is 0 Å². The highest BCUT2D eigenvalue weighted by Crippen LogP contribution is 2.32. The summed E-state index contributed by atoms with van der Waals surface area (Å²) in [5, 5.41) is 0. The number of anilines is 1. The molecule has 7 heteroatoms. The number of alkyl halides is 3. The Hall–Kier alpha value is -3.09. The lowest BCUT2D eigenvalue weighted by atomic mass is 9.91. The van der Waals surface area contributed by atoms with Gasteiger partial charge in [-0.2, -0.15) is 13.2 Å². The van der Waals surface area contributed by atoms with Gasteiger partial charge in [0, 0.05) is 42.3 Å². The molecule has 0 bridgehead atoms. The van der Waals surface area contributed by atoms with Crippen molar-refractivity contribution in [2.75, 3.05) is 18.0 Å². The lowest BCUT2D eigenvalue weighted by Crippen LogP contribution is -2.33. The normalized spacial score (nSPS) is 15.3. The number of aryl methyl sites for hydroxylation is 1. The Morgan fingerprint density at radius 1 is 1.00 bits per heavy atom. The number of pyridine rings is 2. The molecule has 1 fully saturated rings. The van der Waals surface area contributed by atoms with E-state index in [0.717, 1.165) is 73.5 Å². The summed E-state index contributed by atoms with van der Waals surface area (Å²) >= 11 is 0. The van der Waals surface area contributed by atoms with Gasteiger partial charge in [-0.05, 0) is 74.1 Å². The van der Waals surface area contributed by atoms with E-state index in [1.807, 2.05) is 18.2 Å². The Kier molecular flexibility index (Phi) is 6.11. The minimum Gasteiger partial charge on any atom is -0.372 e. The molecule has 1 aliphatic heterocycles. The Balaban J connectivity index is 1.30. The maximum absolute atomic E-state index is 12.7. The summed E-state index contributed by atoms with van der Waals surface area (Å²) in [5.74, 6) is 0.573. The fraction of sp³-hybridized carbons (Fsp3) is 0.333. The van der Waals surface area contributed by atoms with Gasteiger partial charge in [0.1, 0.15) is 0 Å². The predicted molar refractivity (Wildman–Crippen MR) is 115 cm³/mol. The van der Waals surface area contributed by atoms with Gasteiger partial charge >= 0.3 is 6.18 Å². The molecule has 3 heterocycles. The van der Waals surface area contributed by atoms with E-state index in [4.69, 9.17) is 4.98 Å². The molecular formula is C24H24F3N3O. The molecule has 0 radical (unpaired) electrons. The van der Waals surface area contributed by atoms with E-state index in [1.165, 1.54) is 6.07 Å². The number of aromatic nitrogens is 2. The molecule has 1 aliphatic rings. The van der Waals surface area contributed by atoms with Crippen LogP contribution in [0.1, 0.15) is 30.5 Å². The second-order valence-corrected chi connectivity index (χ2v) is 7.97. The average molecular weight is 427 g/mol. The molecule has 0 saturated carbocycles. The Labute approximate surface area is 178 Å². The maximum atomic E-state index is 12.7. The highest BCUT2D eigenvalue weighted by atomic mass is 19.4. The van der Waals surface area contributed by atoms with E-state index in [0.29, 0.717) is 5.92 Å². The summed E-state index contributed by atoms with van der Waals surface area (Å²) < 4.78 is 38.2. The summed E-state index contributed by atoms with van der Waals surface area (Å²) in [6.07, 6.45) is 1.31. The molecule has 31 heavy (non-hydrogen) atoms. The Morgan fingerprint density at radius 3 is 2.39 bits per heavy atom. The van der Waals surface area contributed by atoms with Crippen LogP contribution in [-0.4, -0.2) is 23.1 Å². The first-order valence-corrected chi connectivity index (χ1v) is 10.5. The topological polar surface area (TPSA) is 49.0 Å². The molecule has 0 amide bonds. The van der Waals surface area contributed by atoms with Gasteiger partial charge in [0.05, 0.1) is 11.3 Å². The van der Waals surface area contributed by atoms with Crippen LogP contribution in [0.4, 0.5) is 18.9 Å². The number of hydrogen-bond donors (Lipinski definition) is 1. The monoisotopic (exact) mass is 427 g/mol. The molecule has 0 spiro atoms. The maximum Gasteiger partial charge on any atom is 0.416 e. The first-order chi connectivity index (χ1) is 14.9. The van der Waals surface area contributed by atoms with Crippen molar-refractivity contribution in [3.63, 3.8) is 0 Å². The minimum absolute atomic E-state index is 0.137. The fourth-order valence-electron chi connectivity index (χ4n) is 4.04. The molecule has 0 unspecified atom stereocenters. The third-order valence-corrected chi connectivity index (χ3v) is 5.87. The zero-order valence-electron chi connectivity index (χ0n) is 17.0. The molecule has 162 valence electrons. The van der Waals surface area contributed by atoms with E-state index in [2.05, 4.69) is 9.88 Å². The summed E-state index contributed by atoms with van der Waals surface area (Å²) in [6, 6.07) is 14.6. The first kappa shape index (κ1) is 21.2. The summed E-state index contributed by atoms with van der Waals surface area (Å²) in [7, 11) is 0. The highest BCUT2D eigenvalue weighted by Gasteiger charge is 2.30. The second kappa shape index (κ2) is 8.96. The van der Waals surface area contributed by atoms with Crippen molar-refractivity contribution in [3.05, 3.63) is 82.4 Å². The van der Waals surface area contributed by atoms with Crippen LogP contribution in [0, 0.1) is 5.92 Å². The summed E-state index contributed by atoms with van der Waals surface area (Å²) in [5.41, 5.74) is 2.85. The summed E-state index contributed by atoms with van der Waals surface area (Å²) in [6.45, 7) is 1.70. The SMILES string of the molecule is O=c1ccc(-c2cccc(CCC3CCN(c4ccc(C(F)(F)F)cc4)CC3)n2)c[nH]1. The predicted octanol–water partition coefficient (Wildman–Crippen LogP) is 5.30. The van der Waals surface area contributed by atoms with Crippen molar-refractivity contribution < 1.29 is 13.2 Å². The second-order valence-electron chi connectivity index (χ2n) is 7.97. The van der Waals surface area contributed by atoms with E-state index in [1.54, 1.807) is 24.4 Å². The number of piperidine rings is 1. The molecule has 1 aromatic carbocycles. The first-order valence-electron chi connectivity index (χ1n) is 10.5. The van der Waals surface area contributed by atoms with Crippen molar-refractivity contribution in [2.45, 2.75) is 31.9 Å². The molecule has 4 nitrogen and oxygen atoms in total. The molecule has 0 aliphatic carbocycles. The average Bonchev–Trinajstić information content (AvgIpc) is 2.78. The van der Waals surface area contributed by atoms with Gasteiger partial charge in [0.25, 0.3) is 0 Å². The third kappa shape index (κ3) is 5.34. The van der Waals surface area contributed by atoms with Gasteiger partial charge < -0.3 is 9.88 Å². The standard InChI is InChI=1S/C24H24F3N3O/c25-24(26,27)19-6-9-21(10-7-19)30-14-12-17(13-15-30)4-8-20-2-1-3-22(29-20)18-5-11-23(31)28-16-18/h1-3,5-7,9-11,16-17H,4,8,12-15H2,(H,28,31). The van der Waals surface area contributed by atoms with Crippen LogP contribution >= 0.6 is 0 Å². The number of benzene rings is 1. The highest BCUT2D eigenvalue weighted by molar-refractivity contribution is 5.57. The summed E-state index contributed by atoms with van der Waals surface area (Å²) in [4.78, 5) is 20.8. The van der Waals surface area contributed by atoms with Crippen LogP contribution in [0.25, 0.3) is 11.3 Å². The van der Waals surface area contributed by atoms with Crippen LogP contribution in [0.5, 0.6) is 0 Å². The smallest absolute Gasteiger partial charge is 0.372 e. The number of nitrogens with one attached hydrogen (secondary N) is 1. The number of H-pyrrole nitrogens is 1. The van der Waals surface area contributed by atoms with Crippen molar-refractivity contribution in [2.24, 2.45) is 5.92 Å². The fourth-order valence-corrected chi connectivity index (χ4v) is 4.04. The molecule has 4 rings (SSSR count). The van der Waals surface area contributed by atoms with Crippen molar-refractivity contribution in [1.82, 2.24) is 9.97 Å². The number of hydrogen-bond acceptors (Lipinski definition) is 3. The lowest BCUT2D eigenvalue weighted by Gasteiger charge is -2.33. The zero-order chi connectivity index (χ0) is 21.8. The molecule has 3 aromatic rings. The number of aromatic amines is 1.